The molecule has 2 heterocycles. The van der Waals surface area contributed by atoms with E-state index in [9.17, 15) is 9.59 Å². The molecule has 2 aromatic rings. The van der Waals surface area contributed by atoms with Crippen LogP contribution in [0, 0.1) is 0 Å². The number of amides is 2. The maximum Gasteiger partial charge on any atom is 0.244 e. The number of anilines is 1. The fourth-order valence-corrected chi connectivity index (χ4v) is 3.97. The van der Waals surface area contributed by atoms with Gasteiger partial charge >= 0.3 is 0 Å². The number of nitrogens with one attached hydrogen (secondary N) is 1. The smallest absolute Gasteiger partial charge is 0.244 e. The standard InChI is InChI=1S/C24H26ClN3O5/c1-31-20-13-17(14-21-24(20)33-12-11-32-21)5-6-22(29)26-16-23(30)28-9-7-27(8-10-28)19-4-2-3-18(25)15-19/h2-6,13-15H,7-12,16H2,1H3,(H,26,29)/b6-5+. The van der Waals surface area contributed by atoms with Crippen LogP contribution >= 0.6 is 11.6 Å². The van der Waals surface area contributed by atoms with Gasteiger partial charge in [0.05, 0.1) is 13.7 Å². The predicted octanol–water partition coefficient (Wildman–Crippen LogP) is 2.60. The largest absolute Gasteiger partial charge is 0.493 e. The van der Waals surface area contributed by atoms with Crippen LogP contribution in [0.25, 0.3) is 6.08 Å². The summed E-state index contributed by atoms with van der Waals surface area (Å²) in [4.78, 5) is 28.7. The third-order valence-corrected chi connectivity index (χ3v) is 5.73. The minimum absolute atomic E-state index is 0.0508. The summed E-state index contributed by atoms with van der Waals surface area (Å²) in [6.45, 7) is 3.48. The van der Waals surface area contributed by atoms with Gasteiger partial charge in [0, 0.05) is 43.0 Å². The van der Waals surface area contributed by atoms with Crippen molar-refractivity contribution in [1.82, 2.24) is 10.2 Å². The highest BCUT2D eigenvalue weighted by atomic mass is 35.5. The molecule has 0 atom stereocenters. The number of rotatable bonds is 6. The maximum atomic E-state index is 12.5. The molecule has 33 heavy (non-hydrogen) atoms. The van der Waals surface area contributed by atoms with Gasteiger partial charge in [-0.15, -0.1) is 0 Å². The van der Waals surface area contributed by atoms with Crippen LogP contribution in [0.2, 0.25) is 5.02 Å². The van der Waals surface area contributed by atoms with Gasteiger partial charge in [0.25, 0.3) is 0 Å². The zero-order valence-corrected chi connectivity index (χ0v) is 19.1. The second kappa shape index (κ2) is 10.5. The first-order valence-corrected chi connectivity index (χ1v) is 11.1. The summed E-state index contributed by atoms with van der Waals surface area (Å²) in [5.41, 5.74) is 1.78. The number of piperazine rings is 1. The highest BCUT2D eigenvalue weighted by Crippen LogP contribution is 2.40. The quantitative estimate of drug-likeness (QED) is 0.652. The Kier molecular flexibility index (Phi) is 7.24. The van der Waals surface area contributed by atoms with E-state index in [0.29, 0.717) is 61.7 Å². The second-order valence-corrected chi connectivity index (χ2v) is 8.08. The number of carbonyl (C=O) groups is 2. The Bertz CT molecular complexity index is 1030. The van der Waals surface area contributed by atoms with E-state index in [4.69, 9.17) is 25.8 Å². The molecule has 1 fully saturated rings. The Morgan fingerprint density at radius 3 is 2.67 bits per heavy atom. The van der Waals surface area contributed by atoms with Gasteiger partial charge in [-0.05, 0) is 42.0 Å². The highest BCUT2D eigenvalue weighted by Gasteiger charge is 2.22. The lowest BCUT2D eigenvalue weighted by molar-refractivity contribution is -0.132. The summed E-state index contributed by atoms with van der Waals surface area (Å²) < 4.78 is 16.5. The molecule has 4 rings (SSSR count). The first-order chi connectivity index (χ1) is 16.0. The molecule has 2 aliphatic rings. The van der Waals surface area contributed by atoms with E-state index in [-0.39, 0.29) is 18.4 Å². The van der Waals surface area contributed by atoms with Gasteiger partial charge in [-0.2, -0.15) is 0 Å². The van der Waals surface area contributed by atoms with E-state index >= 15 is 0 Å². The van der Waals surface area contributed by atoms with Gasteiger partial charge in [0.15, 0.2) is 11.5 Å². The van der Waals surface area contributed by atoms with Crippen molar-refractivity contribution < 1.29 is 23.8 Å². The normalized spacial score (nSPS) is 15.5. The average Bonchev–Trinajstić information content (AvgIpc) is 2.85. The molecule has 0 unspecified atom stereocenters. The number of hydrogen-bond acceptors (Lipinski definition) is 6. The summed E-state index contributed by atoms with van der Waals surface area (Å²) in [5, 5.41) is 3.35. The highest BCUT2D eigenvalue weighted by molar-refractivity contribution is 6.30. The minimum Gasteiger partial charge on any atom is -0.493 e. The molecule has 0 spiro atoms. The van der Waals surface area contributed by atoms with Gasteiger partial charge < -0.3 is 29.3 Å². The third-order valence-electron chi connectivity index (χ3n) is 5.50. The van der Waals surface area contributed by atoms with Crippen molar-refractivity contribution in [2.24, 2.45) is 0 Å². The molecule has 174 valence electrons. The Balaban J connectivity index is 1.26. The average molecular weight is 472 g/mol. The second-order valence-electron chi connectivity index (χ2n) is 7.65. The summed E-state index contributed by atoms with van der Waals surface area (Å²) in [6.07, 6.45) is 3.03. The molecular formula is C24H26ClN3O5. The first-order valence-electron chi connectivity index (χ1n) is 10.8. The first kappa shape index (κ1) is 22.8. The van der Waals surface area contributed by atoms with E-state index in [1.54, 1.807) is 30.2 Å². The van der Waals surface area contributed by atoms with Crippen molar-refractivity contribution in [3.05, 3.63) is 53.1 Å². The predicted molar refractivity (Wildman–Crippen MR) is 126 cm³/mol. The molecular weight excluding hydrogens is 446 g/mol. The topological polar surface area (TPSA) is 80.3 Å². The number of benzene rings is 2. The van der Waals surface area contributed by atoms with Gasteiger partial charge in [-0.25, -0.2) is 0 Å². The molecule has 1 saturated heterocycles. The summed E-state index contributed by atoms with van der Waals surface area (Å²) in [6, 6.07) is 11.2. The Hall–Kier alpha value is -3.39. The van der Waals surface area contributed by atoms with E-state index < -0.39 is 0 Å². The van der Waals surface area contributed by atoms with Crippen molar-refractivity contribution >= 4 is 35.2 Å². The lowest BCUT2D eigenvalue weighted by Gasteiger charge is -2.36. The molecule has 1 N–H and O–H groups in total. The van der Waals surface area contributed by atoms with E-state index in [2.05, 4.69) is 10.2 Å². The SMILES string of the molecule is COc1cc(/C=C/C(=O)NCC(=O)N2CCN(c3cccc(Cl)c3)CC2)cc2c1OCCO2. The molecule has 0 aliphatic carbocycles. The van der Waals surface area contributed by atoms with Crippen molar-refractivity contribution in [2.75, 3.05) is 57.9 Å². The van der Waals surface area contributed by atoms with Crippen molar-refractivity contribution in [2.45, 2.75) is 0 Å². The van der Waals surface area contributed by atoms with Gasteiger partial charge in [0.1, 0.15) is 13.2 Å². The number of carbonyl (C=O) groups excluding carboxylic acids is 2. The fourth-order valence-electron chi connectivity index (χ4n) is 3.78. The number of hydrogen-bond donors (Lipinski definition) is 1. The Labute approximate surface area is 197 Å². The lowest BCUT2D eigenvalue weighted by Crippen LogP contribution is -2.51. The summed E-state index contributed by atoms with van der Waals surface area (Å²) in [5.74, 6) is 1.22. The monoisotopic (exact) mass is 471 g/mol. The fraction of sp³-hybridized carbons (Fsp3) is 0.333. The van der Waals surface area contributed by atoms with Crippen LogP contribution in [0.3, 0.4) is 0 Å². The van der Waals surface area contributed by atoms with Crippen LogP contribution in [0.15, 0.2) is 42.5 Å². The molecule has 2 aliphatic heterocycles. The zero-order chi connectivity index (χ0) is 23.2. The number of fused-ring (bicyclic) bond motifs is 1. The number of nitrogens with zero attached hydrogens (tertiary/aromatic N) is 2. The Morgan fingerprint density at radius 1 is 1.12 bits per heavy atom. The number of methoxy groups -OCH3 is 1. The maximum absolute atomic E-state index is 12.5. The minimum atomic E-state index is -0.352. The zero-order valence-electron chi connectivity index (χ0n) is 18.4. The van der Waals surface area contributed by atoms with Crippen LogP contribution in [0.1, 0.15) is 5.56 Å². The molecule has 8 nitrogen and oxygen atoms in total. The van der Waals surface area contributed by atoms with E-state index in [1.165, 1.54) is 6.08 Å². The van der Waals surface area contributed by atoms with Crippen LogP contribution in [0.4, 0.5) is 5.69 Å². The van der Waals surface area contributed by atoms with Crippen LogP contribution in [0.5, 0.6) is 17.2 Å². The third kappa shape index (κ3) is 5.70. The molecule has 2 amide bonds. The molecule has 9 heteroatoms. The van der Waals surface area contributed by atoms with Gasteiger partial charge in [-0.3, -0.25) is 9.59 Å². The van der Waals surface area contributed by atoms with Crippen molar-refractivity contribution in [1.29, 1.82) is 0 Å². The van der Waals surface area contributed by atoms with Gasteiger partial charge in [-0.1, -0.05) is 17.7 Å². The molecule has 2 aromatic carbocycles. The molecule has 0 bridgehead atoms. The van der Waals surface area contributed by atoms with Crippen molar-refractivity contribution in [3.8, 4) is 17.2 Å². The summed E-state index contributed by atoms with van der Waals surface area (Å²) >= 11 is 6.07. The summed E-state index contributed by atoms with van der Waals surface area (Å²) in [7, 11) is 1.55. The van der Waals surface area contributed by atoms with Crippen molar-refractivity contribution in [3.63, 3.8) is 0 Å². The van der Waals surface area contributed by atoms with Crippen LogP contribution in [-0.4, -0.2) is 69.8 Å². The molecule has 0 saturated carbocycles. The van der Waals surface area contributed by atoms with Gasteiger partial charge in [0.2, 0.25) is 17.6 Å². The van der Waals surface area contributed by atoms with Crippen LogP contribution in [-0.2, 0) is 9.59 Å². The lowest BCUT2D eigenvalue weighted by atomic mass is 10.1. The van der Waals surface area contributed by atoms with Crippen LogP contribution < -0.4 is 24.4 Å². The molecule has 0 radical (unpaired) electrons. The number of ether oxygens (including phenoxy) is 3. The molecule has 0 aromatic heterocycles. The number of halogens is 1. The van der Waals surface area contributed by atoms with E-state index in [1.807, 2.05) is 24.3 Å². The van der Waals surface area contributed by atoms with E-state index in [0.717, 1.165) is 11.3 Å². The Morgan fingerprint density at radius 2 is 1.91 bits per heavy atom.